The maximum Gasteiger partial charge on any atom is 0.331 e. The van der Waals surface area contributed by atoms with Gasteiger partial charge >= 0.3 is 5.97 Å². The van der Waals surface area contributed by atoms with E-state index >= 15 is 0 Å². The van der Waals surface area contributed by atoms with Gasteiger partial charge in [0.1, 0.15) is 11.5 Å². The Morgan fingerprint density at radius 2 is 1.65 bits per heavy atom. The van der Waals surface area contributed by atoms with Gasteiger partial charge in [-0.25, -0.2) is 4.79 Å². The van der Waals surface area contributed by atoms with Crippen molar-refractivity contribution in [3.05, 3.63) is 64.6 Å². The van der Waals surface area contributed by atoms with Crippen LogP contribution in [0.15, 0.2) is 59.1 Å². The lowest BCUT2D eigenvalue weighted by atomic mass is 10.00. The van der Waals surface area contributed by atoms with Crippen molar-refractivity contribution in [2.75, 3.05) is 11.0 Å². The molecular formula is C21H22BrIO3. The smallest absolute Gasteiger partial charge is 0.331 e. The predicted molar refractivity (Wildman–Crippen MR) is 118 cm³/mol. The highest BCUT2D eigenvalue weighted by Crippen LogP contribution is 2.27. The average Bonchev–Trinajstić information content (AvgIpc) is 2.64. The van der Waals surface area contributed by atoms with Crippen LogP contribution in [0.5, 0.6) is 11.5 Å². The molecule has 3 nitrogen and oxygen atoms in total. The number of benzene rings is 2. The van der Waals surface area contributed by atoms with Crippen molar-refractivity contribution in [2.45, 2.75) is 26.2 Å². The second-order valence-electron chi connectivity index (χ2n) is 5.65. The van der Waals surface area contributed by atoms with Crippen molar-refractivity contribution < 1.29 is 14.3 Å². The van der Waals surface area contributed by atoms with Gasteiger partial charge in [0.15, 0.2) is 0 Å². The minimum absolute atomic E-state index is 0.285. The molecule has 5 heteroatoms. The van der Waals surface area contributed by atoms with Crippen molar-refractivity contribution in [3.8, 4) is 11.5 Å². The zero-order chi connectivity index (χ0) is 18.8. The van der Waals surface area contributed by atoms with Crippen molar-refractivity contribution >= 4 is 50.1 Å². The van der Waals surface area contributed by atoms with E-state index in [1.807, 2.05) is 55.5 Å². The minimum atomic E-state index is -0.285. The number of unbranched alkanes of at least 4 members (excludes halogenated alkanes) is 1. The van der Waals surface area contributed by atoms with Crippen LogP contribution >= 0.6 is 38.5 Å². The van der Waals surface area contributed by atoms with Crippen LogP contribution in [0, 0.1) is 0 Å². The van der Waals surface area contributed by atoms with Crippen LogP contribution < -0.4 is 4.74 Å². The molecule has 0 aliphatic carbocycles. The predicted octanol–water partition coefficient (Wildman–Crippen LogP) is 6.79. The number of carbonyl (C=O) groups is 1. The van der Waals surface area contributed by atoms with Gasteiger partial charge < -0.3 is 9.47 Å². The van der Waals surface area contributed by atoms with Gasteiger partial charge in [-0.05, 0) is 78.1 Å². The monoisotopic (exact) mass is 528 g/mol. The van der Waals surface area contributed by atoms with Crippen molar-refractivity contribution in [2.24, 2.45) is 0 Å². The summed E-state index contributed by atoms with van der Waals surface area (Å²) in [7, 11) is 0. The summed E-state index contributed by atoms with van der Waals surface area (Å²) >= 11 is 5.79. The van der Waals surface area contributed by atoms with Gasteiger partial charge in [0.25, 0.3) is 0 Å². The van der Waals surface area contributed by atoms with E-state index in [4.69, 9.17) is 9.47 Å². The molecule has 0 unspecified atom stereocenters. The van der Waals surface area contributed by atoms with Gasteiger partial charge in [-0.1, -0.05) is 50.7 Å². The number of ether oxygens (including phenoxy) is 2. The summed E-state index contributed by atoms with van der Waals surface area (Å²) in [5, 5.41) is 0. The van der Waals surface area contributed by atoms with Crippen LogP contribution in [0.25, 0.3) is 5.57 Å². The molecule has 0 spiro atoms. The normalized spacial score (nSPS) is 11.3. The van der Waals surface area contributed by atoms with Gasteiger partial charge in [-0.2, -0.15) is 0 Å². The molecule has 0 bridgehead atoms. The van der Waals surface area contributed by atoms with E-state index in [2.05, 4.69) is 38.5 Å². The highest BCUT2D eigenvalue weighted by molar-refractivity contribution is 14.1. The van der Waals surface area contributed by atoms with Gasteiger partial charge in [-0.3, -0.25) is 0 Å². The molecule has 0 fully saturated rings. The fourth-order valence-corrected chi connectivity index (χ4v) is 3.22. The lowest BCUT2D eigenvalue weighted by Gasteiger charge is -2.10. The van der Waals surface area contributed by atoms with E-state index in [9.17, 15) is 4.79 Å². The molecule has 26 heavy (non-hydrogen) atoms. The summed E-state index contributed by atoms with van der Waals surface area (Å²) in [5.41, 5.74) is 2.03. The third-order valence-electron chi connectivity index (χ3n) is 3.68. The van der Waals surface area contributed by atoms with E-state index in [0.29, 0.717) is 6.61 Å². The van der Waals surface area contributed by atoms with Gasteiger partial charge in [0, 0.05) is 10.5 Å². The van der Waals surface area contributed by atoms with Gasteiger partial charge in [0.2, 0.25) is 0 Å². The number of carbonyl (C=O) groups excluding carboxylic acids is 1. The molecule has 0 saturated heterocycles. The summed E-state index contributed by atoms with van der Waals surface area (Å²) in [6.07, 6.45) is 4.65. The number of halogens is 2. The number of rotatable bonds is 9. The Balaban J connectivity index is 2.12. The molecule has 0 aliphatic heterocycles. The highest BCUT2D eigenvalue weighted by Gasteiger charge is 2.07. The number of hydrogen-bond acceptors (Lipinski definition) is 3. The second-order valence-corrected chi connectivity index (χ2v) is 7.64. The summed E-state index contributed by atoms with van der Waals surface area (Å²) in [6.45, 7) is 2.20. The maximum absolute atomic E-state index is 11.9. The van der Waals surface area contributed by atoms with Gasteiger partial charge in [0.05, 0.1) is 6.61 Å². The third kappa shape index (κ3) is 7.11. The molecule has 0 aromatic heterocycles. The average molecular weight is 529 g/mol. The Morgan fingerprint density at radius 1 is 1.04 bits per heavy atom. The number of esters is 1. The van der Waals surface area contributed by atoms with Crippen molar-refractivity contribution in [1.29, 1.82) is 0 Å². The molecular weight excluding hydrogens is 507 g/mol. The van der Waals surface area contributed by atoms with Crippen LogP contribution in [0.2, 0.25) is 0 Å². The molecule has 0 amide bonds. The fourth-order valence-electron chi connectivity index (χ4n) is 2.41. The molecule has 0 saturated carbocycles. The van der Waals surface area contributed by atoms with Gasteiger partial charge in [-0.15, -0.1) is 0 Å². The van der Waals surface area contributed by atoms with Crippen LogP contribution in [-0.2, 0) is 9.53 Å². The summed E-state index contributed by atoms with van der Waals surface area (Å²) < 4.78 is 13.1. The van der Waals surface area contributed by atoms with E-state index in [1.54, 1.807) is 6.08 Å². The van der Waals surface area contributed by atoms with E-state index in [1.165, 1.54) is 0 Å². The number of alkyl halides is 1. The molecule has 2 aromatic rings. The maximum atomic E-state index is 11.9. The van der Waals surface area contributed by atoms with Crippen LogP contribution in [0.1, 0.15) is 31.7 Å². The molecule has 0 N–H and O–H groups in total. The summed E-state index contributed by atoms with van der Waals surface area (Å²) in [4.78, 5) is 11.9. The fraction of sp³-hybridized carbons (Fsp3) is 0.286. The molecule has 0 atom stereocenters. The molecule has 2 aromatic carbocycles. The standard InChI is InChI=1S/C21H22BrIO3/c1-2-25-21(24)15-17(5-3-4-14-23)16-6-10-19(11-7-16)26-20-12-8-18(22)9-13-20/h6-13,15H,2-5,14H2,1H3. The summed E-state index contributed by atoms with van der Waals surface area (Å²) in [6, 6.07) is 15.5. The first-order chi connectivity index (χ1) is 12.6. The molecule has 0 aliphatic rings. The molecule has 138 valence electrons. The first-order valence-corrected chi connectivity index (χ1v) is 10.9. The first-order valence-electron chi connectivity index (χ1n) is 8.59. The Hall–Kier alpha value is -1.34. The van der Waals surface area contributed by atoms with E-state index < -0.39 is 0 Å². The van der Waals surface area contributed by atoms with E-state index in [-0.39, 0.29) is 5.97 Å². The Morgan fingerprint density at radius 3 is 2.23 bits per heavy atom. The lowest BCUT2D eigenvalue weighted by Crippen LogP contribution is -2.01. The Labute approximate surface area is 177 Å². The summed E-state index contributed by atoms with van der Waals surface area (Å²) in [5.74, 6) is 1.26. The Kier molecular flexibility index (Phi) is 9.18. The van der Waals surface area contributed by atoms with Crippen molar-refractivity contribution in [3.63, 3.8) is 0 Å². The molecule has 0 radical (unpaired) electrons. The van der Waals surface area contributed by atoms with Crippen LogP contribution in [0.3, 0.4) is 0 Å². The topological polar surface area (TPSA) is 35.5 Å². The minimum Gasteiger partial charge on any atom is -0.463 e. The van der Waals surface area contributed by atoms with Crippen LogP contribution in [-0.4, -0.2) is 17.0 Å². The molecule has 0 heterocycles. The lowest BCUT2D eigenvalue weighted by molar-refractivity contribution is -0.137. The zero-order valence-electron chi connectivity index (χ0n) is 14.7. The van der Waals surface area contributed by atoms with Crippen molar-refractivity contribution in [1.82, 2.24) is 0 Å². The molecule has 2 rings (SSSR count). The van der Waals surface area contributed by atoms with Crippen LogP contribution in [0.4, 0.5) is 0 Å². The highest BCUT2D eigenvalue weighted by atomic mass is 127. The quantitative estimate of drug-likeness (QED) is 0.118. The Bertz CT molecular complexity index is 724. The zero-order valence-corrected chi connectivity index (χ0v) is 18.5. The second kappa shape index (κ2) is 11.4. The third-order valence-corrected chi connectivity index (χ3v) is 4.97. The first kappa shape index (κ1) is 21.0. The largest absolute Gasteiger partial charge is 0.463 e. The number of allylic oxidation sites excluding steroid dienone is 1. The number of hydrogen-bond donors (Lipinski definition) is 0. The van der Waals surface area contributed by atoms with E-state index in [0.717, 1.165) is 50.8 Å². The SMILES string of the molecule is CCOC(=O)C=C(CCCCI)c1ccc(Oc2ccc(Br)cc2)cc1.